The van der Waals surface area contributed by atoms with Gasteiger partial charge in [0.15, 0.2) is 0 Å². The van der Waals surface area contributed by atoms with Gasteiger partial charge in [0.05, 0.1) is 35.9 Å². The average molecular weight is 1050 g/mol. The van der Waals surface area contributed by atoms with Gasteiger partial charge in [0, 0.05) is 61.4 Å². The van der Waals surface area contributed by atoms with Crippen molar-refractivity contribution in [3.8, 4) is 33.6 Å². The maximum absolute atomic E-state index is 14.6. The van der Waals surface area contributed by atoms with E-state index in [1.165, 1.54) is 10.9 Å². The molecule has 0 bridgehead atoms. The number of ether oxygens (including phenoxy) is 1. The van der Waals surface area contributed by atoms with E-state index in [0.29, 0.717) is 12.2 Å². The summed E-state index contributed by atoms with van der Waals surface area (Å²) in [6.07, 6.45) is 8.46. The van der Waals surface area contributed by atoms with Gasteiger partial charge >= 0.3 is 6.09 Å². The Balaban J connectivity index is 0.000000241. The zero-order valence-electron chi connectivity index (χ0n) is 43.3. The predicted molar refractivity (Wildman–Crippen MR) is 322 cm³/mol. The van der Waals surface area contributed by atoms with E-state index in [1.807, 2.05) is 152 Å². The van der Waals surface area contributed by atoms with Crippen LogP contribution < -0.4 is 16.4 Å². The molecule has 13 heteroatoms. The van der Waals surface area contributed by atoms with Gasteiger partial charge in [-0.3, -0.25) is 4.79 Å². The molecule has 0 fully saturated rings. The topological polar surface area (TPSA) is 182 Å². The molecule has 8 N–H and O–H groups in total. The second-order valence-corrected chi connectivity index (χ2v) is 19.8. The Labute approximate surface area is 466 Å². The number of aromatic amines is 4. The molecule has 0 aliphatic heterocycles. The predicted octanol–water partition coefficient (Wildman–Crippen LogP) is 13.3. The van der Waals surface area contributed by atoms with Crippen LogP contribution in [-0.2, 0) is 28.8 Å². The summed E-state index contributed by atoms with van der Waals surface area (Å²) in [4.78, 5) is 51.0. The van der Waals surface area contributed by atoms with Gasteiger partial charge in [0.2, 0.25) is 5.91 Å². The summed E-state index contributed by atoms with van der Waals surface area (Å²) < 4.78 is 5.95. The van der Waals surface area contributed by atoms with Crippen LogP contribution in [0.4, 0.5) is 4.79 Å². The van der Waals surface area contributed by atoms with Gasteiger partial charge in [0.1, 0.15) is 24.3 Å². The van der Waals surface area contributed by atoms with Gasteiger partial charge < -0.3 is 41.0 Å². The molecule has 3 atom stereocenters. The molecule has 4 heterocycles. The van der Waals surface area contributed by atoms with Crippen molar-refractivity contribution in [1.82, 2.24) is 40.5 Å². The Bertz CT molecular complexity index is 3990. The molecule has 0 unspecified atom stereocenters. The third kappa shape index (κ3) is 11.6. The number of carbonyl (C=O) groups is 2. The lowest BCUT2D eigenvalue weighted by Crippen LogP contribution is -2.49. The SMILES string of the molecule is C.N[C@H](Cc1c[nH]c2ccccc12)c1ncc(-c2ccccc2)[nH]1.O=C(N[C@H](Cc1ccc2ccccc2c1)C(=O)N[C@H](Cc1c[nH]c2ccccc12)c1ncc(-c2ccccc2)[nH]1)OCC1c2ccccc2-c2ccccc21.[B]. The molecule has 2 amide bonds. The fourth-order valence-corrected chi connectivity index (χ4v) is 10.8. The van der Waals surface area contributed by atoms with Crippen LogP contribution in [-0.4, -0.2) is 63.0 Å². The number of imidazole rings is 2. The highest BCUT2D eigenvalue weighted by atomic mass is 16.5. The third-order valence-electron chi connectivity index (χ3n) is 14.8. The molecular formula is C67H61BN9O3. The number of nitrogens with two attached hydrogens (primary N) is 1. The number of hydrogen-bond donors (Lipinski definition) is 7. The number of benzene rings is 8. The van der Waals surface area contributed by atoms with E-state index < -0.39 is 18.2 Å². The number of para-hydroxylation sites is 2. The molecule has 12 aromatic rings. The molecule has 0 saturated carbocycles. The maximum atomic E-state index is 14.6. The van der Waals surface area contributed by atoms with Crippen LogP contribution in [0.3, 0.4) is 0 Å². The summed E-state index contributed by atoms with van der Waals surface area (Å²) in [6, 6.07) is 65.5. The molecule has 13 rings (SSSR count). The first-order chi connectivity index (χ1) is 38.4. The second kappa shape index (κ2) is 24.3. The van der Waals surface area contributed by atoms with Gasteiger partial charge in [-0.15, -0.1) is 0 Å². The van der Waals surface area contributed by atoms with Crippen LogP contribution in [0, 0.1) is 0 Å². The van der Waals surface area contributed by atoms with Crippen LogP contribution in [0.15, 0.2) is 225 Å². The number of aromatic nitrogens is 6. The van der Waals surface area contributed by atoms with Gasteiger partial charge in [-0.1, -0.05) is 195 Å². The molecule has 4 aromatic heterocycles. The second-order valence-electron chi connectivity index (χ2n) is 19.8. The Morgan fingerprint density at radius 2 is 1.06 bits per heavy atom. The number of carbonyl (C=O) groups excluding carboxylic acids is 2. The Morgan fingerprint density at radius 1 is 0.550 bits per heavy atom. The van der Waals surface area contributed by atoms with E-state index in [2.05, 4.69) is 102 Å². The van der Waals surface area contributed by atoms with Crippen LogP contribution in [0.5, 0.6) is 0 Å². The average Bonchev–Trinajstić information content (AvgIpc) is 4.38. The number of hydrogen-bond acceptors (Lipinski definition) is 6. The number of amides is 2. The number of H-pyrrole nitrogens is 4. The highest BCUT2D eigenvalue weighted by molar-refractivity contribution is 5.88. The lowest BCUT2D eigenvalue weighted by atomic mass is 9.98. The largest absolute Gasteiger partial charge is 0.449 e. The summed E-state index contributed by atoms with van der Waals surface area (Å²) in [5.74, 6) is 0.977. The minimum absolute atomic E-state index is 0. The summed E-state index contributed by atoms with van der Waals surface area (Å²) in [7, 11) is 0. The van der Waals surface area contributed by atoms with Crippen molar-refractivity contribution in [2.75, 3.05) is 6.61 Å². The first-order valence-corrected chi connectivity index (χ1v) is 26.3. The van der Waals surface area contributed by atoms with Crippen molar-refractivity contribution in [2.24, 2.45) is 5.73 Å². The summed E-state index contributed by atoms with van der Waals surface area (Å²) in [5, 5.41) is 10.7. The zero-order valence-corrected chi connectivity index (χ0v) is 43.3. The van der Waals surface area contributed by atoms with Gasteiger partial charge in [-0.05, 0) is 79.4 Å². The molecule has 0 saturated heterocycles. The molecule has 1 aliphatic carbocycles. The maximum Gasteiger partial charge on any atom is 0.407 e. The van der Waals surface area contributed by atoms with Crippen LogP contribution in [0.1, 0.15) is 64.9 Å². The van der Waals surface area contributed by atoms with Crippen molar-refractivity contribution in [3.05, 3.63) is 264 Å². The van der Waals surface area contributed by atoms with Crippen molar-refractivity contribution >= 4 is 53.0 Å². The molecule has 395 valence electrons. The highest BCUT2D eigenvalue weighted by Crippen LogP contribution is 2.44. The normalized spacial score (nSPS) is 12.7. The van der Waals surface area contributed by atoms with Gasteiger partial charge in [-0.2, -0.15) is 0 Å². The number of nitrogens with zero attached hydrogens (tertiary/aromatic N) is 2. The number of nitrogens with one attached hydrogen (secondary N) is 6. The van der Waals surface area contributed by atoms with Gasteiger partial charge in [0.25, 0.3) is 0 Å². The van der Waals surface area contributed by atoms with Crippen LogP contribution >= 0.6 is 0 Å². The fourth-order valence-electron chi connectivity index (χ4n) is 10.8. The monoisotopic (exact) mass is 1050 g/mol. The Morgan fingerprint density at radius 3 is 1.69 bits per heavy atom. The molecule has 8 aromatic carbocycles. The van der Waals surface area contributed by atoms with E-state index in [1.54, 1.807) is 6.20 Å². The standard InChI is InChI=1S/C47H39N5O3.C19H18N4.CH4.B/c53-46(51-42(26-34-27-48-41-21-11-10-16-35(34)41)45-49-28-44(50-45)32-13-2-1-3-14-32)43(25-30-22-23-31-12-4-5-15-33(31)24-30)52-47(54)55-29-40-38-19-8-6-17-36(38)37-18-7-9-20-39(37)40;20-16(10-14-11-21-17-9-5-4-8-15(14)17)19-22-12-18(23-19)13-6-2-1-3-7-13;;/h1-24,27-28,40,42-43,48H,25-26,29H2,(H,49,50)(H,51,53)(H,52,54);1-9,11-12,16,21H,10,20H2,(H,22,23);1H4;/t42-,43-;16-;;/m11../s1. The van der Waals surface area contributed by atoms with Crippen LogP contribution in [0.2, 0.25) is 0 Å². The van der Waals surface area contributed by atoms with Crippen LogP contribution in [0.25, 0.3) is 66.2 Å². The summed E-state index contributed by atoms with van der Waals surface area (Å²) >= 11 is 0. The quantitative estimate of drug-likeness (QED) is 0.0502. The Kier molecular flexibility index (Phi) is 16.3. The Hall–Kier alpha value is -9.72. The van der Waals surface area contributed by atoms with E-state index in [0.717, 1.165) is 95.3 Å². The van der Waals surface area contributed by atoms with Gasteiger partial charge in [-0.25, -0.2) is 14.8 Å². The number of alkyl carbamates (subject to hydrolysis) is 1. The van der Waals surface area contributed by atoms with E-state index >= 15 is 0 Å². The van der Waals surface area contributed by atoms with E-state index in [9.17, 15) is 9.59 Å². The smallest absolute Gasteiger partial charge is 0.407 e. The van der Waals surface area contributed by atoms with Crippen molar-refractivity contribution in [1.29, 1.82) is 0 Å². The summed E-state index contributed by atoms with van der Waals surface area (Å²) in [6.45, 7) is 0.141. The molecular weight excluding hydrogens is 990 g/mol. The first kappa shape index (κ1) is 53.7. The minimum Gasteiger partial charge on any atom is -0.449 e. The van der Waals surface area contributed by atoms with Crippen molar-refractivity contribution in [2.45, 2.75) is 50.7 Å². The minimum atomic E-state index is -0.939. The zero-order chi connectivity index (χ0) is 52.8. The summed E-state index contributed by atoms with van der Waals surface area (Å²) in [5.41, 5.74) is 20.2. The third-order valence-corrected chi connectivity index (χ3v) is 14.8. The molecule has 3 radical (unpaired) electrons. The van der Waals surface area contributed by atoms with E-state index in [-0.39, 0.29) is 46.7 Å². The number of fused-ring (bicyclic) bond motifs is 6. The molecule has 1 aliphatic rings. The van der Waals surface area contributed by atoms with E-state index in [4.69, 9.17) is 15.5 Å². The molecule has 80 heavy (non-hydrogen) atoms. The van der Waals surface area contributed by atoms with Crippen molar-refractivity contribution < 1.29 is 14.3 Å². The lowest BCUT2D eigenvalue weighted by molar-refractivity contribution is -0.123. The highest BCUT2D eigenvalue weighted by Gasteiger charge is 2.31. The molecule has 0 spiro atoms. The van der Waals surface area contributed by atoms with Crippen molar-refractivity contribution in [3.63, 3.8) is 0 Å². The number of rotatable bonds is 15. The lowest BCUT2D eigenvalue weighted by Gasteiger charge is -2.23. The fraction of sp³-hybridized carbons (Fsp3) is 0.134. The first-order valence-electron chi connectivity index (χ1n) is 26.3. The molecule has 12 nitrogen and oxygen atoms in total.